The Morgan fingerprint density at radius 1 is 1.15 bits per heavy atom. The Morgan fingerprint density at radius 2 is 1.96 bits per heavy atom. The molecule has 4 nitrogen and oxygen atoms in total. The van der Waals surface area contributed by atoms with Gasteiger partial charge in [-0.1, -0.05) is 36.4 Å². The van der Waals surface area contributed by atoms with Crippen molar-refractivity contribution in [2.24, 2.45) is 5.18 Å². The third-order valence-electron chi connectivity index (χ3n) is 4.64. The maximum atomic E-state index is 13.1. The number of thioether (sulfide) groups is 1. The van der Waals surface area contributed by atoms with Crippen LogP contribution in [0.15, 0.2) is 58.1 Å². The molecule has 0 spiro atoms. The largest absolute Gasteiger partial charge is 0.339 e. The molecular formula is C21H24N2O2S. The minimum atomic E-state index is 0.0818. The van der Waals surface area contributed by atoms with Crippen molar-refractivity contribution in [3.63, 3.8) is 0 Å². The molecule has 26 heavy (non-hydrogen) atoms. The predicted octanol–water partition coefficient (Wildman–Crippen LogP) is 5.45. The van der Waals surface area contributed by atoms with E-state index in [9.17, 15) is 9.70 Å². The standard InChI is InChI=1S/C21H24N2O2S/c24-21(23-13-7-2-8-14-23)18(16-26-19-10-3-1-4-11-19)15-17-9-5-6-12-20(17)22-25/h3,5-6,9-12,15H,1-2,4,7-8,13-14,16H2/b18-15+. The summed E-state index contributed by atoms with van der Waals surface area (Å²) in [5.74, 6) is 0.678. The van der Waals surface area contributed by atoms with Crippen molar-refractivity contribution >= 4 is 29.4 Å². The molecule has 1 aromatic carbocycles. The zero-order valence-corrected chi connectivity index (χ0v) is 15.7. The molecule has 1 aromatic rings. The lowest BCUT2D eigenvalue weighted by Crippen LogP contribution is -2.37. The van der Waals surface area contributed by atoms with E-state index in [1.807, 2.05) is 23.1 Å². The molecule has 0 aromatic heterocycles. The first-order valence-corrected chi connectivity index (χ1v) is 10.2. The molecule has 1 aliphatic heterocycles. The van der Waals surface area contributed by atoms with Gasteiger partial charge in [0.2, 0.25) is 0 Å². The summed E-state index contributed by atoms with van der Waals surface area (Å²) in [5.41, 5.74) is 1.81. The fourth-order valence-corrected chi connectivity index (χ4v) is 4.16. The van der Waals surface area contributed by atoms with E-state index >= 15 is 0 Å². The van der Waals surface area contributed by atoms with Crippen LogP contribution in [-0.4, -0.2) is 29.6 Å². The van der Waals surface area contributed by atoms with Gasteiger partial charge in [0.1, 0.15) is 5.69 Å². The summed E-state index contributed by atoms with van der Waals surface area (Å²) in [4.78, 5) is 27.3. The van der Waals surface area contributed by atoms with Gasteiger partial charge in [-0.05, 0) is 49.4 Å². The summed E-state index contributed by atoms with van der Waals surface area (Å²) >= 11 is 1.68. The first-order chi connectivity index (χ1) is 12.8. The zero-order valence-electron chi connectivity index (χ0n) is 14.9. The number of piperidine rings is 1. The van der Waals surface area contributed by atoms with E-state index in [-0.39, 0.29) is 5.91 Å². The van der Waals surface area contributed by atoms with E-state index in [0.717, 1.165) is 44.3 Å². The maximum Gasteiger partial charge on any atom is 0.250 e. The van der Waals surface area contributed by atoms with E-state index in [4.69, 9.17) is 0 Å². The summed E-state index contributed by atoms with van der Waals surface area (Å²) in [7, 11) is 0. The fraction of sp³-hybridized carbons (Fsp3) is 0.381. The van der Waals surface area contributed by atoms with Crippen molar-refractivity contribution < 1.29 is 4.79 Å². The number of benzene rings is 1. The van der Waals surface area contributed by atoms with Gasteiger partial charge in [-0.2, -0.15) is 0 Å². The number of hydrogen-bond acceptors (Lipinski definition) is 4. The molecule has 0 atom stereocenters. The van der Waals surface area contributed by atoms with Gasteiger partial charge >= 0.3 is 0 Å². The molecule has 3 rings (SSSR count). The molecule has 0 radical (unpaired) electrons. The van der Waals surface area contributed by atoms with Gasteiger partial charge in [-0.3, -0.25) is 4.79 Å². The quantitative estimate of drug-likeness (QED) is 0.496. The van der Waals surface area contributed by atoms with E-state index in [1.54, 1.807) is 23.9 Å². The Balaban J connectivity index is 1.83. The van der Waals surface area contributed by atoms with Gasteiger partial charge in [0.05, 0.1) is 0 Å². The van der Waals surface area contributed by atoms with Gasteiger partial charge < -0.3 is 4.90 Å². The zero-order chi connectivity index (χ0) is 18.2. The Bertz CT molecular complexity index is 746. The van der Waals surface area contributed by atoms with Crippen LogP contribution in [0.25, 0.3) is 6.08 Å². The summed E-state index contributed by atoms with van der Waals surface area (Å²) in [6.45, 7) is 1.63. The number of nitroso groups, excluding NO2 is 1. The first kappa shape index (κ1) is 18.6. The summed E-state index contributed by atoms with van der Waals surface area (Å²) < 4.78 is 0. The number of hydrogen-bond donors (Lipinski definition) is 0. The molecule has 0 unspecified atom stereocenters. The summed E-state index contributed by atoms with van der Waals surface area (Å²) in [5, 5.41) is 3.10. The molecular weight excluding hydrogens is 344 g/mol. The number of likely N-dealkylation sites (tertiary alicyclic amines) is 1. The van der Waals surface area contributed by atoms with E-state index in [0.29, 0.717) is 17.0 Å². The average Bonchev–Trinajstić information content (AvgIpc) is 2.72. The van der Waals surface area contributed by atoms with Crippen LogP contribution in [0.2, 0.25) is 0 Å². The Hall–Kier alpha value is -2.14. The van der Waals surface area contributed by atoms with Crippen LogP contribution in [0, 0.1) is 4.91 Å². The molecule has 0 bridgehead atoms. The third kappa shape index (κ3) is 4.94. The highest BCUT2D eigenvalue weighted by Crippen LogP contribution is 2.28. The normalized spacial score (nSPS) is 17.8. The molecule has 0 saturated carbocycles. The number of carbonyl (C=O) groups excluding carboxylic acids is 1. The van der Waals surface area contributed by atoms with Gasteiger partial charge in [-0.15, -0.1) is 16.7 Å². The summed E-state index contributed by atoms with van der Waals surface area (Å²) in [6.07, 6.45) is 13.8. The van der Waals surface area contributed by atoms with Crippen LogP contribution in [0.1, 0.15) is 37.7 Å². The smallest absolute Gasteiger partial charge is 0.250 e. The monoisotopic (exact) mass is 368 g/mol. The van der Waals surface area contributed by atoms with Crippen molar-refractivity contribution in [2.45, 2.75) is 32.1 Å². The van der Waals surface area contributed by atoms with Gasteiger partial charge in [0.15, 0.2) is 0 Å². The van der Waals surface area contributed by atoms with E-state index < -0.39 is 0 Å². The van der Waals surface area contributed by atoms with E-state index in [2.05, 4.69) is 23.4 Å². The van der Waals surface area contributed by atoms with Gasteiger partial charge in [0, 0.05) is 34.9 Å². The van der Waals surface area contributed by atoms with Crippen LogP contribution >= 0.6 is 11.8 Å². The molecule has 1 fully saturated rings. The molecule has 2 aliphatic rings. The molecule has 1 heterocycles. The van der Waals surface area contributed by atoms with Crippen molar-refractivity contribution in [3.8, 4) is 0 Å². The lowest BCUT2D eigenvalue weighted by Gasteiger charge is -2.27. The lowest BCUT2D eigenvalue weighted by atomic mass is 10.1. The van der Waals surface area contributed by atoms with Crippen LogP contribution < -0.4 is 0 Å². The van der Waals surface area contributed by atoms with Crippen molar-refractivity contribution in [1.82, 2.24) is 4.90 Å². The van der Waals surface area contributed by atoms with Gasteiger partial charge in [0.25, 0.3) is 5.91 Å². The second-order valence-corrected chi connectivity index (χ2v) is 7.60. The van der Waals surface area contributed by atoms with Crippen LogP contribution in [0.3, 0.4) is 0 Å². The number of rotatable bonds is 6. The molecule has 5 heteroatoms. The second kappa shape index (κ2) is 9.53. The number of nitrogens with zero attached hydrogens (tertiary/aromatic N) is 2. The molecule has 0 N–H and O–H groups in total. The average molecular weight is 369 g/mol. The molecule has 1 saturated heterocycles. The highest BCUT2D eigenvalue weighted by Gasteiger charge is 2.21. The number of amides is 1. The third-order valence-corrected chi connectivity index (χ3v) is 5.73. The van der Waals surface area contributed by atoms with Crippen molar-refractivity contribution in [1.29, 1.82) is 0 Å². The van der Waals surface area contributed by atoms with Gasteiger partial charge in [-0.25, -0.2) is 0 Å². The Labute approximate surface area is 159 Å². The van der Waals surface area contributed by atoms with E-state index in [1.165, 1.54) is 11.3 Å². The lowest BCUT2D eigenvalue weighted by molar-refractivity contribution is -0.127. The Kier molecular flexibility index (Phi) is 6.83. The topological polar surface area (TPSA) is 49.7 Å². The second-order valence-electron chi connectivity index (χ2n) is 6.55. The van der Waals surface area contributed by atoms with Crippen molar-refractivity contribution in [2.75, 3.05) is 18.8 Å². The molecule has 136 valence electrons. The van der Waals surface area contributed by atoms with Crippen LogP contribution in [0.5, 0.6) is 0 Å². The fourth-order valence-electron chi connectivity index (χ4n) is 3.20. The molecule has 1 amide bonds. The van der Waals surface area contributed by atoms with Crippen LogP contribution in [-0.2, 0) is 4.79 Å². The maximum absolute atomic E-state index is 13.1. The first-order valence-electron chi connectivity index (χ1n) is 9.19. The minimum absolute atomic E-state index is 0.0818. The predicted molar refractivity (Wildman–Crippen MR) is 109 cm³/mol. The SMILES string of the molecule is O=Nc1ccccc1/C=C(\CSC1=CCCC=C1)C(=O)N1CCCCC1. The highest BCUT2D eigenvalue weighted by atomic mass is 32.2. The number of carbonyl (C=O) groups is 1. The Morgan fingerprint density at radius 3 is 2.69 bits per heavy atom. The minimum Gasteiger partial charge on any atom is -0.339 e. The van der Waals surface area contributed by atoms with Crippen molar-refractivity contribution in [3.05, 3.63) is 63.4 Å². The van der Waals surface area contributed by atoms with Crippen LogP contribution in [0.4, 0.5) is 5.69 Å². The number of allylic oxidation sites excluding steroid dienone is 3. The summed E-state index contributed by atoms with van der Waals surface area (Å²) in [6, 6.07) is 7.17. The highest BCUT2D eigenvalue weighted by molar-refractivity contribution is 8.03. The molecule has 1 aliphatic carbocycles.